The molecule has 0 aliphatic heterocycles. The molecule has 1 N–H and O–H groups in total. The summed E-state index contributed by atoms with van der Waals surface area (Å²) in [5.74, 6) is 2.43. The monoisotopic (exact) mass is 258 g/mol. The number of nitrogens with zero attached hydrogens (tertiary/aromatic N) is 1. The van der Waals surface area contributed by atoms with E-state index in [2.05, 4.69) is 9.97 Å². The first-order valence-corrected chi connectivity index (χ1v) is 6.71. The number of hydrogen-bond acceptors (Lipinski definition) is 3. The molecule has 1 aromatic heterocycles. The maximum atomic E-state index is 6.07. The van der Waals surface area contributed by atoms with Crippen molar-refractivity contribution in [3.63, 3.8) is 0 Å². The van der Waals surface area contributed by atoms with Gasteiger partial charge in [-0.3, -0.25) is 0 Å². The van der Waals surface area contributed by atoms with Gasteiger partial charge in [0.05, 0.1) is 13.2 Å². The molecule has 0 spiro atoms. The predicted molar refractivity (Wildman–Crippen MR) is 73.5 cm³/mol. The van der Waals surface area contributed by atoms with E-state index in [-0.39, 0.29) is 0 Å². The molecule has 3 rings (SSSR count). The second-order valence-electron chi connectivity index (χ2n) is 4.83. The molecule has 1 aliphatic carbocycles. The number of imidazole rings is 1. The van der Waals surface area contributed by atoms with E-state index in [9.17, 15) is 0 Å². The van der Waals surface area contributed by atoms with E-state index in [0.29, 0.717) is 6.10 Å². The molecular weight excluding hydrogens is 240 g/mol. The lowest BCUT2D eigenvalue weighted by atomic mass is 10.2. The van der Waals surface area contributed by atoms with E-state index in [1.54, 1.807) is 13.3 Å². The van der Waals surface area contributed by atoms with Crippen molar-refractivity contribution >= 4 is 0 Å². The Kier molecular flexibility index (Phi) is 3.40. The first kappa shape index (κ1) is 12.1. The number of nitrogens with one attached hydrogen (secondary N) is 1. The van der Waals surface area contributed by atoms with Crippen LogP contribution < -0.4 is 9.47 Å². The molecule has 1 saturated carbocycles. The van der Waals surface area contributed by atoms with Gasteiger partial charge in [-0.2, -0.15) is 0 Å². The minimum Gasteiger partial charge on any atom is -0.493 e. The molecule has 0 unspecified atom stereocenters. The van der Waals surface area contributed by atoms with Crippen LogP contribution in [0.3, 0.4) is 0 Å². The fraction of sp³-hybridized carbons (Fsp3) is 0.400. The fourth-order valence-electron chi connectivity index (χ4n) is 2.53. The van der Waals surface area contributed by atoms with Gasteiger partial charge in [-0.25, -0.2) is 4.98 Å². The highest BCUT2D eigenvalue weighted by molar-refractivity contribution is 5.61. The van der Waals surface area contributed by atoms with Gasteiger partial charge < -0.3 is 14.5 Å². The Morgan fingerprint density at radius 2 is 2.05 bits per heavy atom. The Morgan fingerprint density at radius 3 is 2.74 bits per heavy atom. The SMILES string of the molecule is COc1ccc(-c2ncc[nH]2)cc1OC1CCCC1. The van der Waals surface area contributed by atoms with Crippen LogP contribution in [0.4, 0.5) is 0 Å². The van der Waals surface area contributed by atoms with Gasteiger partial charge in [0, 0.05) is 18.0 Å². The summed E-state index contributed by atoms with van der Waals surface area (Å²) in [6.07, 6.45) is 8.66. The third-order valence-corrected chi connectivity index (χ3v) is 3.53. The van der Waals surface area contributed by atoms with Crippen LogP contribution in [0, 0.1) is 0 Å². The van der Waals surface area contributed by atoms with Crippen molar-refractivity contribution in [2.24, 2.45) is 0 Å². The van der Waals surface area contributed by atoms with Crippen LogP contribution in [0.1, 0.15) is 25.7 Å². The normalized spacial score (nSPS) is 15.6. The molecule has 1 aliphatic rings. The summed E-state index contributed by atoms with van der Waals surface area (Å²) >= 11 is 0. The Balaban J connectivity index is 1.88. The highest BCUT2D eigenvalue weighted by Crippen LogP contribution is 2.34. The van der Waals surface area contributed by atoms with Gasteiger partial charge in [-0.05, 0) is 43.9 Å². The number of methoxy groups -OCH3 is 1. The summed E-state index contributed by atoms with van der Waals surface area (Å²) in [5, 5.41) is 0. The number of aromatic amines is 1. The molecule has 0 bridgehead atoms. The zero-order chi connectivity index (χ0) is 13.1. The molecule has 0 saturated heterocycles. The molecule has 1 heterocycles. The molecule has 19 heavy (non-hydrogen) atoms. The van der Waals surface area contributed by atoms with Crippen LogP contribution in [-0.4, -0.2) is 23.2 Å². The third kappa shape index (κ3) is 2.57. The topological polar surface area (TPSA) is 47.1 Å². The summed E-state index contributed by atoms with van der Waals surface area (Å²) in [4.78, 5) is 7.37. The predicted octanol–water partition coefficient (Wildman–Crippen LogP) is 3.41. The van der Waals surface area contributed by atoms with Gasteiger partial charge in [-0.15, -0.1) is 0 Å². The van der Waals surface area contributed by atoms with Crippen molar-refractivity contribution in [1.82, 2.24) is 9.97 Å². The van der Waals surface area contributed by atoms with E-state index >= 15 is 0 Å². The maximum Gasteiger partial charge on any atom is 0.162 e. The summed E-state index contributed by atoms with van der Waals surface area (Å²) in [5.41, 5.74) is 1.01. The molecule has 4 heteroatoms. The molecule has 2 aromatic rings. The van der Waals surface area contributed by atoms with Gasteiger partial charge in [0.1, 0.15) is 5.82 Å². The lowest BCUT2D eigenvalue weighted by Gasteiger charge is -2.16. The van der Waals surface area contributed by atoms with Gasteiger partial charge in [0.2, 0.25) is 0 Å². The zero-order valence-electron chi connectivity index (χ0n) is 11.1. The van der Waals surface area contributed by atoms with Crippen molar-refractivity contribution in [2.75, 3.05) is 7.11 Å². The standard InChI is InChI=1S/C15H18N2O2/c1-18-13-7-6-11(15-16-8-9-17-15)10-14(13)19-12-4-2-3-5-12/h6-10,12H,2-5H2,1H3,(H,16,17). The van der Waals surface area contributed by atoms with Gasteiger partial charge in [0.15, 0.2) is 11.5 Å². The number of ether oxygens (including phenoxy) is 2. The third-order valence-electron chi connectivity index (χ3n) is 3.53. The van der Waals surface area contributed by atoms with Crippen LogP contribution >= 0.6 is 0 Å². The number of aromatic nitrogens is 2. The molecular formula is C15H18N2O2. The minimum atomic E-state index is 0.320. The van der Waals surface area contributed by atoms with Crippen molar-refractivity contribution in [3.8, 4) is 22.9 Å². The Morgan fingerprint density at radius 1 is 1.21 bits per heavy atom. The van der Waals surface area contributed by atoms with Crippen molar-refractivity contribution in [2.45, 2.75) is 31.8 Å². The summed E-state index contributed by atoms with van der Waals surface area (Å²) in [7, 11) is 1.67. The van der Waals surface area contributed by atoms with Crippen LogP contribution in [-0.2, 0) is 0 Å². The van der Waals surface area contributed by atoms with E-state index in [4.69, 9.17) is 9.47 Å². The maximum absolute atomic E-state index is 6.07. The Labute approximate surface area is 112 Å². The average Bonchev–Trinajstić information content (AvgIpc) is 3.11. The highest BCUT2D eigenvalue weighted by Gasteiger charge is 2.19. The average molecular weight is 258 g/mol. The quantitative estimate of drug-likeness (QED) is 0.914. The lowest BCUT2D eigenvalue weighted by Crippen LogP contribution is -2.11. The number of hydrogen-bond donors (Lipinski definition) is 1. The molecule has 1 fully saturated rings. The van der Waals surface area contributed by atoms with Crippen LogP contribution in [0.5, 0.6) is 11.5 Å². The van der Waals surface area contributed by atoms with Crippen molar-refractivity contribution in [3.05, 3.63) is 30.6 Å². The van der Waals surface area contributed by atoms with Crippen LogP contribution in [0.15, 0.2) is 30.6 Å². The summed E-state index contributed by atoms with van der Waals surface area (Å²) in [6.45, 7) is 0. The second-order valence-corrected chi connectivity index (χ2v) is 4.83. The smallest absolute Gasteiger partial charge is 0.162 e. The molecule has 0 amide bonds. The zero-order valence-corrected chi connectivity index (χ0v) is 11.1. The highest BCUT2D eigenvalue weighted by atomic mass is 16.5. The van der Waals surface area contributed by atoms with Gasteiger partial charge in [0.25, 0.3) is 0 Å². The lowest BCUT2D eigenvalue weighted by molar-refractivity contribution is 0.201. The van der Waals surface area contributed by atoms with Gasteiger partial charge >= 0.3 is 0 Å². The molecule has 0 radical (unpaired) electrons. The number of rotatable bonds is 4. The van der Waals surface area contributed by atoms with E-state index in [0.717, 1.165) is 35.7 Å². The first-order valence-electron chi connectivity index (χ1n) is 6.71. The summed E-state index contributed by atoms with van der Waals surface area (Å²) < 4.78 is 11.4. The van der Waals surface area contributed by atoms with Crippen LogP contribution in [0.2, 0.25) is 0 Å². The summed E-state index contributed by atoms with van der Waals surface area (Å²) in [6, 6.07) is 5.91. The molecule has 1 aromatic carbocycles. The second kappa shape index (κ2) is 5.34. The van der Waals surface area contributed by atoms with E-state index < -0.39 is 0 Å². The Bertz CT molecular complexity index is 531. The first-order chi connectivity index (χ1) is 9.36. The molecule has 4 nitrogen and oxygen atoms in total. The van der Waals surface area contributed by atoms with Crippen molar-refractivity contribution < 1.29 is 9.47 Å². The van der Waals surface area contributed by atoms with Crippen LogP contribution in [0.25, 0.3) is 11.4 Å². The van der Waals surface area contributed by atoms with E-state index in [1.807, 2.05) is 24.4 Å². The Hall–Kier alpha value is -1.97. The van der Waals surface area contributed by atoms with E-state index in [1.165, 1.54) is 12.8 Å². The largest absolute Gasteiger partial charge is 0.493 e. The molecule has 0 atom stereocenters. The molecule has 100 valence electrons. The fourth-order valence-corrected chi connectivity index (χ4v) is 2.53. The van der Waals surface area contributed by atoms with Crippen molar-refractivity contribution in [1.29, 1.82) is 0 Å². The minimum absolute atomic E-state index is 0.320. The number of H-pyrrole nitrogens is 1. The van der Waals surface area contributed by atoms with Gasteiger partial charge in [-0.1, -0.05) is 0 Å². The number of benzene rings is 1.